The van der Waals surface area contributed by atoms with Gasteiger partial charge in [0.2, 0.25) is 5.91 Å². The second kappa shape index (κ2) is 16.5. The average Bonchev–Trinajstić information content (AvgIpc) is 3.05. The van der Waals surface area contributed by atoms with E-state index in [-0.39, 0.29) is 19.3 Å². The summed E-state index contributed by atoms with van der Waals surface area (Å²) in [6.07, 6.45) is 5.69. The Labute approximate surface area is 248 Å². The van der Waals surface area contributed by atoms with Crippen LogP contribution < -0.4 is 15.7 Å². The van der Waals surface area contributed by atoms with Crippen molar-refractivity contribution in [3.63, 3.8) is 0 Å². The van der Waals surface area contributed by atoms with Crippen molar-refractivity contribution in [3.05, 3.63) is 108 Å². The van der Waals surface area contributed by atoms with Crippen LogP contribution in [-0.2, 0) is 20.7 Å². The van der Waals surface area contributed by atoms with Gasteiger partial charge in [0.05, 0.1) is 12.6 Å². The van der Waals surface area contributed by atoms with Crippen molar-refractivity contribution in [1.29, 1.82) is 0 Å². The molecule has 2 unspecified atom stereocenters. The highest BCUT2D eigenvalue weighted by molar-refractivity contribution is 5.94. The molecule has 0 saturated heterocycles. The topological polar surface area (TPSA) is 100 Å². The average molecular weight is 572 g/mol. The fraction of sp³-hybridized carbons (Fsp3) is 0.353. The second-order valence-corrected chi connectivity index (χ2v) is 10.6. The molecule has 222 valence electrons. The van der Waals surface area contributed by atoms with Crippen LogP contribution in [0, 0.1) is 5.92 Å². The SMILES string of the molecule is COCOCC(CC(CCCc1ccccc1)C(=O)NO)NC(=O)c1ccc(N2CC=C(c3ccccc3)CC2)cc1. The van der Waals surface area contributed by atoms with Crippen molar-refractivity contribution in [2.75, 3.05) is 38.5 Å². The number of carbonyl (C=O) groups is 2. The Morgan fingerprint density at radius 3 is 2.33 bits per heavy atom. The molecule has 3 aromatic carbocycles. The van der Waals surface area contributed by atoms with Crippen LogP contribution in [0.25, 0.3) is 5.57 Å². The molecule has 42 heavy (non-hydrogen) atoms. The molecule has 0 fully saturated rings. The first-order valence-electron chi connectivity index (χ1n) is 14.5. The summed E-state index contributed by atoms with van der Waals surface area (Å²) < 4.78 is 10.6. The van der Waals surface area contributed by atoms with E-state index < -0.39 is 17.9 Å². The number of amides is 2. The van der Waals surface area contributed by atoms with Crippen molar-refractivity contribution < 1.29 is 24.3 Å². The van der Waals surface area contributed by atoms with E-state index in [0.717, 1.165) is 38.0 Å². The molecule has 2 atom stereocenters. The largest absolute Gasteiger partial charge is 0.367 e. The fourth-order valence-electron chi connectivity index (χ4n) is 5.34. The molecule has 1 aliphatic rings. The molecule has 4 rings (SSSR count). The number of methoxy groups -OCH3 is 1. The Balaban J connectivity index is 1.35. The maximum absolute atomic E-state index is 13.2. The van der Waals surface area contributed by atoms with E-state index in [2.05, 4.69) is 52.7 Å². The predicted molar refractivity (Wildman–Crippen MR) is 164 cm³/mol. The van der Waals surface area contributed by atoms with Gasteiger partial charge in [-0.3, -0.25) is 14.8 Å². The summed E-state index contributed by atoms with van der Waals surface area (Å²) >= 11 is 0. The molecule has 3 aromatic rings. The summed E-state index contributed by atoms with van der Waals surface area (Å²) in [6, 6.07) is 27.6. The zero-order valence-corrected chi connectivity index (χ0v) is 24.2. The minimum atomic E-state index is -0.495. The van der Waals surface area contributed by atoms with Gasteiger partial charge in [0.1, 0.15) is 6.79 Å². The van der Waals surface area contributed by atoms with Gasteiger partial charge in [-0.05, 0) is 73.1 Å². The fourth-order valence-corrected chi connectivity index (χ4v) is 5.34. The molecule has 0 aliphatic carbocycles. The molecule has 0 radical (unpaired) electrons. The Kier molecular flexibility index (Phi) is 12.1. The minimum absolute atomic E-state index is 0.0716. The molecular weight excluding hydrogens is 530 g/mol. The number of aryl methyl sites for hydroxylation is 1. The lowest BCUT2D eigenvalue weighted by molar-refractivity contribution is -0.134. The van der Waals surface area contributed by atoms with Gasteiger partial charge in [0, 0.05) is 37.4 Å². The zero-order valence-electron chi connectivity index (χ0n) is 24.2. The molecule has 8 heteroatoms. The number of hydrogen-bond donors (Lipinski definition) is 3. The van der Waals surface area contributed by atoms with E-state index in [1.807, 2.05) is 48.5 Å². The van der Waals surface area contributed by atoms with Crippen LogP contribution in [0.4, 0.5) is 5.69 Å². The van der Waals surface area contributed by atoms with E-state index in [4.69, 9.17) is 9.47 Å². The lowest BCUT2D eigenvalue weighted by Crippen LogP contribution is -2.42. The summed E-state index contributed by atoms with van der Waals surface area (Å²) in [7, 11) is 1.53. The summed E-state index contributed by atoms with van der Waals surface area (Å²) in [5, 5.41) is 12.4. The molecule has 0 bridgehead atoms. The standard InChI is InChI=1S/C34H41N3O5/c1-41-25-42-24-31(23-30(34(39)36-40)14-8-11-26-9-4-2-5-10-26)35-33(38)29-15-17-32(18-16-29)37-21-19-28(20-22-37)27-12-6-3-7-13-27/h2-7,9-10,12-13,15-19,30-31,40H,8,11,14,20-25H2,1H3,(H,35,38)(H,36,39). The molecule has 1 aliphatic heterocycles. The molecular formula is C34H41N3O5. The van der Waals surface area contributed by atoms with E-state index >= 15 is 0 Å². The Bertz CT molecular complexity index is 1280. The summed E-state index contributed by atoms with van der Waals surface area (Å²) in [6.45, 7) is 1.97. The first-order valence-corrected chi connectivity index (χ1v) is 14.5. The number of anilines is 1. The maximum atomic E-state index is 13.2. The Hall–Kier alpha value is -3.98. The second-order valence-electron chi connectivity index (χ2n) is 10.6. The third kappa shape index (κ3) is 9.27. The van der Waals surface area contributed by atoms with Gasteiger partial charge in [0.25, 0.3) is 5.91 Å². The summed E-state index contributed by atoms with van der Waals surface area (Å²) in [5.41, 5.74) is 7.20. The summed E-state index contributed by atoms with van der Waals surface area (Å²) in [4.78, 5) is 28.0. The highest BCUT2D eigenvalue weighted by atomic mass is 16.7. The van der Waals surface area contributed by atoms with Gasteiger partial charge >= 0.3 is 0 Å². The maximum Gasteiger partial charge on any atom is 0.251 e. The van der Waals surface area contributed by atoms with E-state index in [9.17, 15) is 14.8 Å². The molecule has 0 spiro atoms. The Morgan fingerprint density at radius 2 is 1.69 bits per heavy atom. The highest BCUT2D eigenvalue weighted by Crippen LogP contribution is 2.26. The lowest BCUT2D eigenvalue weighted by atomic mass is 9.92. The van der Waals surface area contributed by atoms with Crippen molar-refractivity contribution >= 4 is 23.1 Å². The third-order valence-electron chi connectivity index (χ3n) is 7.61. The van der Waals surface area contributed by atoms with Gasteiger partial charge in [-0.25, -0.2) is 5.48 Å². The normalized spacial score (nSPS) is 14.5. The van der Waals surface area contributed by atoms with Crippen molar-refractivity contribution in [3.8, 4) is 0 Å². The number of ether oxygens (including phenoxy) is 2. The van der Waals surface area contributed by atoms with E-state index in [0.29, 0.717) is 18.4 Å². The zero-order chi connectivity index (χ0) is 29.6. The molecule has 0 aromatic heterocycles. The van der Waals surface area contributed by atoms with Crippen molar-refractivity contribution in [2.45, 2.75) is 38.1 Å². The molecule has 1 heterocycles. The first kappa shape index (κ1) is 31.0. The van der Waals surface area contributed by atoms with Crippen LogP contribution in [0.3, 0.4) is 0 Å². The molecule has 2 amide bonds. The first-order chi connectivity index (χ1) is 20.6. The number of rotatable bonds is 15. The summed E-state index contributed by atoms with van der Waals surface area (Å²) in [5.74, 6) is -1.21. The number of benzene rings is 3. The number of hydroxylamine groups is 1. The van der Waals surface area contributed by atoms with Crippen LogP contribution in [0.15, 0.2) is 91.0 Å². The predicted octanol–water partition coefficient (Wildman–Crippen LogP) is 5.23. The quantitative estimate of drug-likeness (QED) is 0.1000. The van der Waals surface area contributed by atoms with Gasteiger partial charge < -0.3 is 19.7 Å². The highest BCUT2D eigenvalue weighted by Gasteiger charge is 2.25. The number of nitrogens with one attached hydrogen (secondary N) is 2. The lowest BCUT2D eigenvalue weighted by Gasteiger charge is -2.29. The van der Waals surface area contributed by atoms with E-state index in [1.165, 1.54) is 23.8 Å². The van der Waals surface area contributed by atoms with Gasteiger partial charge in [-0.15, -0.1) is 0 Å². The monoisotopic (exact) mass is 571 g/mol. The molecule has 8 nitrogen and oxygen atoms in total. The minimum Gasteiger partial charge on any atom is -0.367 e. The van der Waals surface area contributed by atoms with Crippen LogP contribution >= 0.6 is 0 Å². The van der Waals surface area contributed by atoms with Gasteiger partial charge in [0.15, 0.2) is 0 Å². The van der Waals surface area contributed by atoms with Crippen molar-refractivity contribution in [1.82, 2.24) is 10.8 Å². The third-order valence-corrected chi connectivity index (χ3v) is 7.61. The van der Waals surface area contributed by atoms with Gasteiger partial charge in [-0.1, -0.05) is 66.7 Å². The van der Waals surface area contributed by atoms with Crippen LogP contribution in [0.1, 0.15) is 47.2 Å². The number of carbonyl (C=O) groups excluding carboxylic acids is 2. The van der Waals surface area contributed by atoms with Crippen LogP contribution in [0.2, 0.25) is 0 Å². The Morgan fingerprint density at radius 1 is 0.976 bits per heavy atom. The smallest absolute Gasteiger partial charge is 0.251 e. The van der Waals surface area contributed by atoms with Crippen molar-refractivity contribution in [2.24, 2.45) is 5.92 Å². The number of nitrogens with zero attached hydrogens (tertiary/aromatic N) is 1. The van der Waals surface area contributed by atoms with E-state index in [1.54, 1.807) is 5.48 Å². The van der Waals surface area contributed by atoms with Crippen LogP contribution in [-0.4, -0.2) is 56.7 Å². The number of hydrogen-bond acceptors (Lipinski definition) is 6. The van der Waals surface area contributed by atoms with Gasteiger partial charge in [-0.2, -0.15) is 0 Å². The molecule has 3 N–H and O–H groups in total. The molecule has 0 saturated carbocycles. The van der Waals surface area contributed by atoms with Crippen LogP contribution in [0.5, 0.6) is 0 Å².